The number of pyridine rings is 1. The Morgan fingerprint density at radius 3 is 2.30 bits per heavy atom. The van der Waals surface area contributed by atoms with Gasteiger partial charge in [0.15, 0.2) is 0 Å². The number of alkyl halides is 3. The van der Waals surface area contributed by atoms with Gasteiger partial charge in [-0.1, -0.05) is 17.2 Å². The number of benzene rings is 1. The lowest BCUT2D eigenvalue weighted by Crippen LogP contribution is -2.39. The minimum Gasteiger partial charge on any atom is -0.382 e. The van der Waals surface area contributed by atoms with E-state index in [-0.39, 0.29) is 41.2 Å². The first-order chi connectivity index (χ1) is 19.0. The van der Waals surface area contributed by atoms with Crippen LogP contribution in [-0.2, 0) is 20.6 Å². The molecule has 1 aromatic heterocycles. The van der Waals surface area contributed by atoms with E-state index in [1.165, 1.54) is 29.2 Å². The number of imide groups is 1. The van der Waals surface area contributed by atoms with E-state index in [1.807, 2.05) is 0 Å². The highest BCUT2D eigenvalue weighted by Gasteiger charge is 2.34. The minimum atomic E-state index is -4.57. The molecule has 11 heteroatoms. The van der Waals surface area contributed by atoms with Gasteiger partial charge < -0.3 is 10.6 Å². The van der Waals surface area contributed by atoms with E-state index >= 15 is 0 Å². The van der Waals surface area contributed by atoms with Gasteiger partial charge in [0.05, 0.1) is 5.52 Å². The molecule has 2 aliphatic carbocycles. The lowest BCUT2D eigenvalue weighted by molar-refractivity contribution is -0.141. The normalized spacial score (nSPS) is 23.6. The molecule has 5 rings (SSSR count). The molecule has 3 aliphatic rings. The third-order valence-electron chi connectivity index (χ3n) is 7.92. The zero-order valence-corrected chi connectivity index (χ0v) is 22.5. The Morgan fingerprint density at radius 1 is 1.00 bits per heavy atom. The molecule has 0 saturated heterocycles. The number of nitrogens with one attached hydrogen (secondary N) is 2. The lowest BCUT2D eigenvalue weighted by Gasteiger charge is -2.31. The van der Waals surface area contributed by atoms with E-state index in [9.17, 15) is 27.6 Å². The molecule has 2 heterocycles. The van der Waals surface area contributed by atoms with Crippen molar-refractivity contribution in [3.63, 3.8) is 0 Å². The monoisotopic (exact) mass is 574 g/mol. The summed E-state index contributed by atoms with van der Waals surface area (Å²) in [7, 11) is 0. The molecule has 1 aromatic carbocycles. The van der Waals surface area contributed by atoms with Gasteiger partial charge in [-0.15, -0.1) is 0 Å². The number of nitrogens with zero attached hydrogens (tertiary/aromatic N) is 2. The Balaban J connectivity index is 1.11. The van der Waals surface area contributed by atoms with Gasteiger partial charge >= 0.3 is 6.18 Å². The summed E-state index contributed by atoms with van der Waals surface area (Å²) < 4.78 is 40.3. The molecule has 212 valence electrons. The van der Waals surface area contributed by atoms with Crippen molar-refractivity contribution in [2.24, 2.45) is 5.92 Å². The molecule has 40 heavy (non-hydrogen) atoms. The number of rotatable bonds is 6. The summed E-state index contributed by atoms with van der Waals surface area (Å²) in [6.07, 6.45) is 5.63. The highest BCUT2D eigenvalue weighted by atomic mass is 35.5. The SMILES string of the molecule is O=C(C=C1CCC(CN2C(=O)C=CC2=O)CC1)NC1CCC(Nc2cc(C(F)(F)F)nc3ccc(Cl)cc23)CC1. The number of amides is 3. The molecule has 2 aromatic rings. The summed E-state index contributed by atoms with van der Waals surface area (Å²) in [5.74, 6) is -0.430. The number of anilines is 1. The Hall–Kier alpha value is -3.40. The zero-order valence-electron chi connectivity index (χ0n) is 21.8. The number of carbonyl (C=O) groups excluding carboxylic acids is 3. The summed E-state index contributed by atoms with van der Waals surface area (Å²) in [5.41, 5.74) is 0.676. The largest absolute Gasteiger partial charge is 0.433 e. The van der Waals surface area contributed by atoms with Crippen LogP contribution >= 0.6 is 11.6 Å². The van der Waals surface area contributed by atoms with Crippen LogP contribution in [0.4, 0.5) is 18.9 Å². The Labute approximate surface area is 234 Å². The summed E-state index contributed by atoms with van der Waals surface area (Å²) in [4.78, 5) is 41.3. The highest BCUT2D eigenvalue weighted by molar-refractivity contribution is 6.31. The Bertz CT molecular complexity index is 1350. The maximum absolute atomic E-state index is 13.4. The van der Waals surface area contributed by atoms with Crippen molar-refractivity contribution in [1.29, 1.82) is 0 Å². The second kappa shape index (κ2) is 11.6. The van der Waals surface area contributed by atoms with Crippen LogP contribution < -0.4 is 10.6 Å². The van der Waals surface area contributed by atoms with Crippen molar-refractivity contribution < 1.29 is 27.6 Å². The van der Waals surface area contributed by atoms with Gasteiger partial charge in [-0.2, -0.15) is 13.2 Å². The molecule has 7 nitrogen and oxygen atoms in total. The van der Waals surface area contributed by atoms with Crippen LogP contribution in [0.1, 0.15) is 57.1 Å². The number of aromatic nitrogens is 1. The van der Waals surface area contributed by atoms with Crippen LogP contribution in [0.2, 0.25) is 5.02 Å². The van der Waals surface area contributed by atoms with Crippen LogP contribution in [0.15, 0.2) is 48.1 Å². The van der Waals surface area contributed by atoms with E-state index in [0.717, 1.165) is 37.3 Å². The van der Waals surface area contributed by atoms with E-state index < -0.39 is 11.9 Å². The number of hydrogen-bond donors (Lipinski definition) is 2. The van der Waals surface area contributed by atoms with Gasteiger partial charge in [0.25, 0.3) is 11.8 Å². The van der Waals surface area contributed by atoms with Crippen molar-refractivity contribution in [3.05, 3.63) is 58.8 Å². The molecular weight excluding hydrogens is 545 g/mol. The first kappa shape index (κ1) is 28.1. The number of fused-ring (bicyclic) bond motifs is 1. The van der Waals surface area contributed by atoms with Crippen LogP contribution in [-0.4, -0.2) is 46.2 Å². The standard InChI is InChI=1S/C29H30ClF3N4O3/c30-19-5-10-23-22(14-19)24(15-25(36-23)29(31,32)33)34-20-6-8-21(9-7-20)35-26(38)13-17-1-3-18(4-2-17)16-37-27(39)11-12-28(37)40/h5,10-15,18,20-21H,1-4,6-9,16H2,(H,34,36)(H,35,38). The summed E-state index contributed by atoms with van der Waals surface area (Å²) >= 11 is 6.10. The molecule has 0 spiro atoms. The van der Waals surface area contributed by atoms with Gasteiger partial charge in [0, 0.05) is 53.0 Å². The quantitative estimate of drug-likeness (QED) is 0.337. The predicted molar refractivity (Wildman–Crippen MR) is 145 cm³/mol. The van der Waals surface area contributed by atoms with Gasteiger partial charge in [0.1, 0.15) is 5.69 Å². The van der Waals surface area contributed by atoms with E-state index in [4.69, 9.17) is 11.6 Å². The summed E-state index contributed by atoms with van der Waals surface area (Å²) in [5, 5.41) is 7.29. The second-order valence-corrected chi connectivity index (χ2v) is 11.2. The van der Waals surface area contributed by atoms with Gasteiger partial charge in [-0.05, 0) is 81.5 Å². The molecule has 0 bridgehead atoms. The van der Waals surface area contributed by atoms with Crippen LogP contribution in [0, 0.1) is 5.92 Å². The molecule has 0 radical (unpaired) electrons. The number of allylic oxidation sites excluding steroid dienone is 1. The fourth-order valence-electron chi connectivity index (χ4n) is 5.74. The zero-order chi connectivity index (χ0) is 28.4. The number of carbonyl (C=O) groups is 3. The van der Waals surface area contributed by atoms with E-state index in [0.29, 0.717) is 48.3 Å². The first-order valence-electron chi connectivity index (χ1n) is 13.5. The lowest BCUT2D eigenvalue weighted by atomic mass is 9.85. The Morgan fingerprint density at radius 2 is 1.65 bits per heavy atom. The van der Waals surface area contributed by atoms with Crippen molar-refractivity contribution >= 4 is 45.9 Å². The van der Waals surface area contributed by atoms with Crippen molar-refractivity contribution in [2.45, 2.75) is 69.6 Å². The molecule has 1 aliphatic heterocycles. The molecule has 2 fully saturated rings. The molecule has 2 saturated carbocycles. The molecule has 3 amide bonds. The fourth-order valence-corrected chi connectivity index (χ4v) is 5.91. The highest BCUT2D eigenvalue weighted by Crippen LogP contribution is 2.35. The third kappa shape index (κ3) is 6.66. The average Bonchev–Trinajstić information content (AvgIpc) is 3.22. The van der Waals surface area contributed by atoms with Crippen molar-refractivity contribution in [3.8, 4) is 0 Å². The number of hydrogen-bond acceptors (Lipinski definition) is 5. The molecule has 2 N–H and O–H groups in total. The minimum absolute atomic E-state index is 0.00667. The summed E-state index contributed by atoms with van der Waals surface area (Å²) in [6, 6.07) is 5.60. The first-order valence-corrected chi connectivity index (χ1v) is 13.9. The van der Waals surface area contributed by atoms with Crippen molar-refractivity contribution in [1.82, 2.24) is 15.2 Å². The smallest absolute Gasteiger partial charge is 0.382 e. The average molecular weight is 575 g/mol. The third-order valence-corrected chi connectivity index (χ3v) is 8.15. The molecular formula is C29H30ClF3N4O3. The van der Waals surface area contributed by atoms with Crippen molar-refractivity contribution in [2.75, 3.05) is 11.9 Å². The molecule has 0 atom stereocenters. The Kier molecular flexibility index (Phi) is 8.16. The number of halogens is 4. The topological polar surface area (TPSA) is 91.4 Å². The maximum Gasteiger partial charge on any atom is 0.433 e. The predicted octanol–water partition coefficient (Wildman–Crippen LogP) is 5.79. The molecule has 0 unspecified atom stereocenters. The van der Waals surface area contributed by atoms with Crippen LogP contribution in [0.5, 0.6) is 0 Å². The maximum atomic E-state index is 13.4. The van der Waals surface area contributed by atoms with E-state index in [2.05, 4.69) is 15.6 Å². The van der Waals surface area contributed by atoms with Crippen LogP contribution in [0.3, 0.4) is 0 Å². The second-order valence-electron chi connectivity index (χ2n) is 10.8. The fraction of sp³-hybridized carbons (Fsp3) is 0.448. The van der Waals surface area contributed by atoms with Crippen LogP contribution in [0.25, 0.3) is 10.9 Å². The van der Waals surface area contributed by atoms with Gasteiger partial charge in [0.2, 0.25) is 5.91 Å². The van der Waals surface area contributed by atoms with E-state index in [1.54, 1.807) is 12.1 Å². The summed E-state index contributed by atoms with van der Waals surface area (Å²) in [6.45, 7) is 0.418. The van der Waals surface area contributed by atoms with Gasteiger partial charge in [-0.25, -0.2) is 4.98 Å². The van der Waals surface area contributed by atoms with Gasteiger partial charge in [-0.3, -0.25) is 19.3 Å².